The van der Waals surface area contributed by atoms with E-state index in [9.17, 15) is 18.5 Å². The van der Waals surface area contributed by atoms with Crippen LogP contribution in [0.2, 0.25) is 0 Å². The van der Waals surface area contributed by atoms with E-state index < -0.39 is 10.0 Å². The van der Waals surface area contributed by atoms with Crippen LogP contribution >= 0.6 is 0 Å². The number of sulfonamides is 1. The quantitative estimate of drug-likeness (QED) is 0.818. The summed E-state index contributed by atoms with van der Waals surface area (Å²) in [6, 6.07) is 14.6. The number of anilines is 2. The Morgan fingerprint density at radius 2 is 1.80 bits per heavy atom. The molecule has 0 atom stereocenters. The second-order valence-electron chi connectivity index (χ2n) is 7.59. The van der Waals surface area contributed by atoms with Crippen LogP contribution in [0.3, 0.4) is 0 Å². The highest BCUT2D eigenvalue weighted by molar-refractivity contribution is 7.89. The van der Waals surface area contributed by atoms with Crippen molar-refractivity contribution in [2.75, 3.05) is 36.4 Å². The number of rotatable bonds is 3. The first-order valence-corrected chi connectivity index (χ1v) is 11.6. The normalized spacial score (nSPS) is 18.0. The first-order chi connectivity index (χ1) is 14.5. The first-order valence-electron chi connectivity index (χ1n) is 10.2. The average Bonchev–Trinajstić information content (AvgIpc) is 3.11. The first kappa shape index (κ1) is 20.4. The number of hydrogen-bond donors (Lipinski definition) is 1. The molecule has 0 radical (unpaired) electrons. The van der Waals surface area contributed by atoms with E-state index >= 15 is 0 Å². The summed E-state index contributed by atoms with van der Waals surface area (Å²) in [7, 11) is -3.64. The largest absolute Gasteiger partial charge is 0.369 e. The Labute approximate surface area is 177 Å². The lowest BCUT2D eigenvalue weighted by Gasteiger charge is -2.24. The molecule has 2 aliphatic heterocycles. The summed E-state index contributed by atoms with van der Waals surface area (Å²) in [6.07, 6.45) is 2.51. The molecule has 0 unspecified atom stereocenters. The maximum absolute atomic E-state index is 13.3. The number of nitriles is 1. The van der Waals surface area contributed by atoms with Gasteiger partial charge in [0, 0.05) is 38.3 Å². The van der Waals surface area contributed by atoms with Crippen LogP contribution < -0.4 is 10.2 Å². The number of carbonyl (C=O) groups excluding carboxylic acids is 1. The molecular formula is C22H24N4O3S. The number of benzene rings is 2. The minimum Gasteiger partial charge on any atom is -0.369 e. The van der Waals surface area contributed by atoms with E-state index in [-0.39, 0.29) is 10.8 Å². The van der Waals surface area contributed by atoms with Gasteiger partial charge in [-0.1, -0.05) is 12.1 Å². The molecular weight excluding hydrogens is 400 g/mol. The van der Waals surface area contributed by atoms with Crippen LogP contribution in [0, 0.1) is 11.3 Å². The number of nitrogens with zero attached hydrogens (tertiary/aromatic N) is 3. The van der Waals surface area contributed by atoms with Crippen LogP contribution in [-0.2, 0) is 21.2 Å². The summed E-state index contributed by atoms with van der Waals surface area (Å²) in [6.45, 7) is 2.01. The van der Waals surface area contributed by atoms with E-state index in [0.29, 0.717) is 63.1 Å². The Morgan fingerprint density at radius 3 is 2.63 bits per heavy atom. The highest BCUT2D eigenvalue weighted by atomic mass is 32.2. The Morgan fingerprint density at radius 1 is 0.967 bits per heavy atom. The standard InChI is InChI=1S/C22H24N4O3S/c23-16-18-5-1-2-7-21(18)25-11-4-12-26(14-13-25)30(28,29)19-9-10-20-17(15-19)6-3-8-22(27)24-20/h1-2,5,7,9-10,15H,3-4,6,8,11-14H2,(H,24,27). The maximum atomic E-state index is 13.3. The zero-order valence-electron chi connectivity index (χ0n) is 16.7. The molecule has 0 aromatic heterocycles. The van der Waals surface area contributed by atoms with Gasteiger partial charge in [0.05, 0.1) is 16.1 Å². The van der Waals surface area contributed by atoms with Gasteiger partial charge in [0.15, 0.2) is 0 Å². The van der Waals surface area contributed by atoms with E-state index in [2.05, 4.69) is 16.3 Å². The molecule has 8 heteroatoms. The third-order valence-corrected chi connectivity index (χ3v) is 7.55. The summed E-state index contributed by atoms with van der Waals surface area (Å²) in [4.78, 5) is 14.1. The van der Waals surface area contributed by atoms with Crippen LogP contribution in [0.1, 0.15) is 30.4 Å². The topological polar surface area (TPSA) is 93.5 Å². The maximum Gasteiger partial charge on any atom is 0.243 e. The zero-order chi connectivity index (χ0) is 21.1. The summed E-state index contributed by atoms with van der Waals surface area (Å²) < 4.78 is 28.1. The lowest BCUT2D eigenvalue weighted by Crippen LogP contribution is -2.35. The average molecular weight is 425 g/mol. The van der Waals surface area contributed by atoms with Gasteiger partial charge in [0.25, 0.3) is 0 Å². The minimum absolute atomic E-state index is 0.0328. The molecule has 2 aliphatic rings. The summed E-state index contributed by atoms with van der Waals surface area (Å²) in [5.74, 6) is -0.0328. The summed E-state index contributed by atoms with van der Waals surface area (Å²) in [5.41, 5.74) is 3.01. The number of fused-ring (bicyclic) bond motifs is 1. The third kappa shape index (κ3) is 4.04. The predicted octanol–water partition coefficient (Wildman–Crippen LogP) is 2.73. The van der Waals surface area contributed by atoms with Crippen molar-refractivity contribution < 1.29 is 13.2 Å². The molecule has 1 fully saturated rings. The number of amides is 1. The van der Waals surface area contributed by atoms with Crippen molar-refractivity contribution in [2.24, 2.45) is 0 Å². The second-order valence-corrected chi connectivity index (χ2v) is 9.53. The molecule has 0 aliphatic carbocycles. The molecule has 30 heavy (non-hydrogen) atoms. The van der Waals surface area contributed by atoms with E-state index in [1.165, 1.54) is 4.31 Å². The molecule has 156 valence electrons. The van der Waals surface area contributed by atoms with Crippen molar-refractivity contribution in [1.29, 1.82) is 5.26 Å². The lowest BCUT2D eigenvalue weighted by atomic mass is 10.1. The Balaban J connectivity index is 1.55. The molecule has 2 aromatic carbocycles. The van der Waals surface area contributed by atoms with E-state index in [1.807, 2.05) is 18.2 Å². The molecule has 2 aromatic rings. The predicted molar refractivity (Wildman–Crippen MR) is 115 cm³/mol. The van der Waals surface area contributed by atoms with E-state index in [4.69, 9.17) is 0 Å². The Kier molecular flexibility index (Phi) is 5.75. The highest BCUT2D eigenvalue weighted by Gasteiger charge is 2.28. The summed E-state index contributed by atoms with van der Waals surface area (Å²) >= 11 is 0. The molecule has 7 nitrogen and oxygen atoms in total. The molecule has 1 N–H and O–H groups in total. The molecule has 1 amide bonds. The van der Waals surface area contributed by atoms with Gasteiger partial charge in [-0.2, -0.15) is 9.57 Å². The fraction of sp³-hybridized carbons (Fsp3) is 0.364. The van der Waals surface area contributed by atoms with Crippen molar-refractivity contribution in [3.63, 3.8) is 0 Å². The number of aryl methyl sites for hydroxylation is 1. The van der Waals surface area contributed by atoms with Gasteiger partial charge >= 0.3 is 0 Å². The highest BCUT2D eigenvalue weighted by Crippen LogP contribution is 2.28. The van der Waals surface area contributed by atoms with Gasteiger partial charge in [0.2, 0.25) is 15.9 Å². The van der Waals surface area contributed by atoms with Crippen LogP contribution in [0.25, 0.3) is 0 Å². The van der Waals surface area contributed by atoms with Crippen molar-refractivity contribution in [2.45, 2.75) is 30.6 Å². The second kappa shape index (κ2) is 8.46. The van der Waals surface area contributed by atoms with Crippen molar-refractivity contribution >= 4 is 27.3 Å². The van der Waals surface area contributed by atoms with Gasteiger partial charge < -0.3 is 10.2 Å². The van der Waals surface area contributed by atoms with Gasteiger partial charge in [-0.05, 0) is 55.2 Å². The monoisotopic (exact) mass is 424 g/mol. The van der Waals surface area contributed by atoms with Gasteiger partial charge in [0.1, 0.15) is 6.07 Å². The van der Waals surface area contributed by atoms with Crippen LogP contribution in [0.15, 0.2) is 47.4 Å². The number of carbonyl (C=O) groups is 1. The van der Waals surface area contributed by atoms with Crippen molar-refractivity contribution in [3.8, 4) is 6.07 Å². The lowest BCUT2D eigenvalue weighted by molar-refractivity contribution is -0.116. The molecule has 4 rings (SSSR count). The van der Waals surface area contributed by atoms with E-state index in [1.54, 1.807) is 24.3 Å². The van der Waals surface area contributed by atoms with E-state index in [0.717, 1.165) is 11.3 Å². The van der Waals surface area contributed by atoms with Crippen LogP contribution in [0.4, 0.5) is 11.4 Å². The van der Waals surface area contributed by atoms with Gasteiger partial charge in [-0.25, -0.2) is 8.42 Å². The zero-order valence-corrected chi connectivity index (χ0v) is 17.5. The van der Waals surface area contributed by atoms with Gasteiger partial charge in [-0.3, -0.25) is 4.79 Å². The summed E-state index contributed by atoms with van der Waals surface area (Å²) in [5, 5.41) is 12.2. The van der Waals surface area contributed by atoms with Crippen molar-refractivity contribution in [1.82, 2.24) is 4.31 Å². The minimum atomic E-state index is -3.64. The number of hydrogen-bond acceptors (Lipinski definition) is 5. The molecule has 0 bridgehead atoms. The Bertz CT molecular complexity index is 1110. The molecule has 0 spiro atoms. The number of para-hydroxylation sites is 1. The fourth-order valence-corrected chi connectivity index (χ4v) is 5.60. The molecule has 0 saturated carbocycles. The van der Waals surface area contributed by atoms with Gasteiger partial charge in [-0.15, -0.1) is 0 Å². The smallest absolute Gasteiger partial charge is 0.243 e. The van der Waals surface area contributed by atoms with Crippen molar-refractivity contribution in [3.05, 3.63) is 53.6 Å². The van der Waals surface area contributed by atoms with Crippen LogP contribution in [0.5, 0.6) is 0 Å². The SMILES string of the molecule is N#Cc1ccccc1N1CCCN(S(=O)(=O)c2ccc3c(c2)CCCC(=O)N3)CC1. The number of nitrogens with one attached hydrogen (secondary N) is 1. The molecule has 2 heterocycles. The van der Waals surface area contributed by atoms with Crippen LogP contribution in [-0.4, -0.2) is 44.8 Å². The third-order valence-electron chi connectivity index (χ3n) is 5.66. The molecule has 1 saturated heterocycles. The fourth-order valence-electron chi connectivity index (χ4n) is 4.08. The Hall–Kier alpha value is -2.89.